The number of hydrogen-bond acceptors (Lipinski definition) is 4. The minimum Gasteiger partial charge on any atom is -0.444 e. The summed E-state index contributed by atoms with van der Waals surface area (Å²) in [5, 5.41) is 14.8. The van der Waals surface area contributed by atoms with Gasteiger partial charge < -0.3 is 15.4 Å². The number of rotatable bonds is 6. The van der Waals surface area contributed by atoms with Crippen LogP contribution in [0.25, 0.3) is 0 Å². The number of carbonyl (C=O) groups excluding carboxylic acids is 1. The van der Waals surface area contributed by atoms with Gasteiger partial charge in [0, 0.05) is 12.6 Å². The van der Waals surface area contributed by atoms with Gasteiger partial charge in [0.05, 0.1) is 5.56 Å². The molecule has 6 heteroatoms. The number of nitrogens with zero attached hydrogens (tertiary/aromatic N) is 1. The third-order valence-electron chi connectivity index (χ3n) is 3.00. The first kappa shape index (κ1) is 18.9. The molecule has 23 heavy (non-hydrogen) atoms. The maximum absolute atomic E-state index is 13.2. The van der Waals surface area contributed by atoms with Crippen molar-refractivity contribution in [2.45, 2.75) is 52.3 Å². The van der Waals surface area contributed by atoms with Gasteiger partial charge in [0.15, 0.2) is 0 Å². The molecular formula is C17H24FN3O2. The Labute approximate surface area is 136 Å². The molecule has 0 aliphatic heterocycles. The molecule has 1 amide bonds. The van der Waals surface area contributed by atoms with Crippen molar-refractivity contribution < 1.29 is 13.9 Å². The Bertz CT molecular complexity index is 576. The molecule has 5 nitrogen and oxygen atoms in total. The minimum absolute atomic E-state index is 0.0276. The van der Waals surface area contributed by atoms with E-state index in [9.17, 15) is 9.18 Å². The SMILES string of the molecule is CC(CCNCc1ccc(F)c(C#N)c1)NC(=O)OC(C)(C)C. The summed E-state index contributed by atoms with van der Waals surface area (Å²) >= 11 is 0. The fourth-order valence-corrected chi connectivity index (χ4v) is 1.90. The summed E-state index contributed by atoms with van der Waals surface area (Å²) < 4.78 is 18.4. The van der Waals surface area contributed by atoms with E-state index in [2.05, 4.69) is 10.6 Å². The Hall–Kier alpha value is -2.13. The summed E-state index contributed by atoms with van der Waals surface area (Å²) in [6.07, 6.45) is 0.299. The van der Waals surface area contributed by atoms with Crippen LogP contribution in [0, 0.1) is 17.1 Å². The molecule has 126 valence electrons. The predicted octanol–water partition coefficient (Wildman–Crippen LogP) is 3.09. The van der Waals surface area contributed by atoms with Crippen molar-refractivity contribution in [1.82, 2.24) is 10.6 Å². The van der Waals surface area contributed by atoms with Gasteiger partial charge in [-0.25, -0.2) is 9.18 Å². The zero-order valence-corrected chi connectivity index (χ0v) is 14.1. The molecule has 1 unspecified atom stereocenters. The highest BCUT2D eigenvalue weighted by molar-refractivity contribution is 5.67. The highest BCUT2D eigenvalue weighted by atomic mass is 19.1. The number of nitrogens with one attached hydrogen (secondary N) is 2. The van der Waals surface area contributed by atoms with Gasteiger partial charge in [-0.1, -0.05) is 6.07 Å². The van der Waals surface area contributed by atoms with E-state index in [-0.39, 0.29) is 11.6 Å². The molecule has 1 aromatic carbocycles. The van der Waals surface area contributed by atoms with Crippen molar-refractivity contribution in [1.29, 1.82) is 5.26 Å². The van der Waals surface area contributed by atoms with Gasteiger partial charge in [-0.15, -0.1) is 0 Å². The first-order valence-electron chi connectivity index (χ1n) is 7.60. The number of carbonyl (C=O) groups is 1. The molecule has 0 fully saturated rings. The van der Waals surface area contributed by atoms with Crippen LogP contribution in [0.15, 0.2) is 18.2 Å². The maximum atomic E-state index is 13.2. The number of halogens is 1. The number of alkyl carbamates (subject to hydrolysis) is 1. The summed E-state index contributed by atoms with van der Waals surface area (Å²) in [5.41, 5.74) is 0.378. The van der Waals surface area contributed by atoms with Crippen LogP contribution in [0.4, 0.5) is 9.18 Å². The second kappa shape index (κ2) is 8.49. The van der Waals surface area contributed by atoms with E-state index in [1.165, 1.54) is 12.1 Å². The molecule has 2 N–H and O–H groups in total. The van der Waals surface area contributed by atoms with Gasteiger partial charge in [-0.05, 0) is 58.4 Å². The number of ether oxygens (including phenoxy) is 1. The Balaban J connectivity index is 2.29. The van der Waals surface area contributed by atoms with E-state index in [1.54, 1.807) is 6.07 Å². The van der Waals surface area contributed by atoms with E-state index >= 15 is 0 Å². The summed E-state index contributed by atoms with van der Waals surface area (Å²) in [5.74, 6) is -0.508. The molecule has 0 aliphatic rings. The van der Waals surface area contributed by atoms with Crippen molar-refractivity contribution in [3.05, 3.63) is 35.1 Å². The van der Waals surface area contributed by atoms with Crippen LogP contribution in [-0.4, -0.2) is 24.3 Å². The van der Waals surface area contributed by atoms with Crippen LogP contribution in [0.3, 0.4) is 0 Å². The van der Waals surface area contributed by atoms with E-state index in [0.717, 1.165) is 12.0 Å². The van der Waals surface area contributed by atoms with Crippen LogP contribution < -0.4 is 10.6 Å². The molecule has 0 spiro atoms. The van der Waals surface area contributed by atoms with Crippen molar-refractivity contribution >= 4 is 6.09 Å². The van der Waals surface area contributed by atoms with Crippen LogP contribution in [0.2, 0.25) is 0 Å². The lowest BCUT2D eigenvalue weighted by Crippen LogP contribution is -2.38. The van der Waals surface area contributed by atoms with Gasteiger partial charge in [0.1, 0.15) is 17.5 Å². The quantitative estimate of drug-likeness (QED) is 0.790. The highest BCUT2D eigenvalue weighted by Gasteiger charge is 2.17. The lowest BCUT2D eigenvalue weighted by molar-refractivity contribution is 0.0506. The Morgan fingerprint density at radius 1 is 1.43 bits per heavy atom. The number of benzene rings is 1. The van der Waals surface area contributed by atoms with Crippen LogP contribution >= 0.6 is 0 Å². The van der Waals surface area contributed by atoms with E-state index in [4.69, 9.17) is 10.00 Å². The second-order valence-electron chi connectivity index (χ2n) is 6.44. The van der Waals surface area contributed by atoms with Crippen molar-refractivity contribution in [3.63, 3.8) is 0 Å². The topological polar surface area (TPSA) is 74.2 Å². The molecule has 0 heterocycles. The maximum Gasteiger partial charge on any atom is 0.407 e. The van der Waals surface area contributed by atoms with E-state index in [1.807, 2.05) is 33.8 Å². The number of nitriles is 1. The van der Waals surface area contributed by atoms with Crippen molar-refractivity contribution in [2.24, 2.45) is 0 Å². The third kappa shape index (κ3) is 7.61. The fourth-order valence-electron chi connectivity index (χ4n) is 1.90. The van der Waals surface area contributed by atoms with E-state index in [0.29, 0.717) is 13.1 Å². The van der Waals surface area contributed by atoms with Gasteiger partial charge in [0.25, 0.3) is 0 Å². The lowest BCUT2D eigenvalue weighted by Gasteiger charge is -2.22. The smallest absolute Gasteiger partial charge is 0.407 e. The summed E-state index contributed by atoms with van der Waals surface area (Å²) in [6.45, 7) is 8.56. The second-order valence-corrected chi connectivity index (χ2v) is 6.44. The molecule has 0 radical (unpaired) electrons. The van der Waals surface area contributed by atoms with Crippen LogP contribution in [0.5, 0.6) is 0 Å². The summed E-state index contributed by atoms with van der Waals surface area (Å²) in [4.78, 5) is 11.6. The molecule has 0 aromatic heterocycles. The minimum atomic E-state index is -0.511. The van der Waals surface area contributed by atoms with Crippen molar-refractivity contribution in [3.8, 4) is 6.07 Å². The van der Waals surface area contributed by atoms with Gasteiger partial charge >= 0.3 is 6.09 Å². The predicted molar refractivity (Wildman–Crippen MR) is 86.3 cm³/mol. The fraction of sp³-hybridized carbons (Fsp3) is 0.529. The average Bonchev–Trinajstić information content (AvgIpc) is 2.43. The largest absolute Gasteiger partial charge is 0.444 e. The monoisotopic (exact) mass is 321 g/mol. The Morgan fingerprint density at radius 2 is 2.13 bits per heavy atom. The normalized spacial score (nSPS) is 12.3. The van der Waals surface area contributed by atoms with Gasteiger partial charge in [-0.2, -0.15) is 5.26 Å². The molecule has 0 saturated heterocycles. The molecular weight excluding hydrogens is 297 g/mol. The summed E-state index contributed by atoms with van der Waals surface area (Å²) in [7, 11) is 0. The molecule has 0 saturated carbocycles. The zero-order chi connectivity index (χ0) is 17.5. The molecule has 0 bridgehead atoms. The van der Waals surface area contributed by atoms with E-state index < -0.39 is 17.5 Å². The summed E-state index contributed by atoms with van der Waals surface area (Å²) in [6, 6.07) is 6.26. The zero-order valence-electron chi connectivity index (χ0n) is 14.1. The lowest BCUT2D eigenvalue weighted by atomic mass is 10.1. The van der Waals surface area contributed by atoms with Crippen molar-refractivity contribution in [2.75, 3.05) is 6.54 Å². The average molecular weight is 321 g/mol. The number of hydrogen-bond donors (Lipinski definition) is 2. The van der Waals surface area contributed by atoms with Crippen LogP contribution in [0.1, 0.15) is 45.2 Å². The Kier molecular flexibility index (Phi) is 6.98. The first-order chi connectivity index (χ1) is 10.7. The first-order valence-corrected chi connectivity index (χ1v) is 7.60. The molecule has 0 aliphatic carbocycles. The molecule has 1 aromatic rings. The van der Waals surface area contributed by atoms with Gasteiger partial charge in [0.2, 0.25) is 0 Å². The number of amides is 1. The Morgan fingerprint density at radius 3 is 2.74 bits per heavy atom. The standard InChI is InChI=1S/C17H24FN3O2/c1-12(21-16(22)23-17(2,3)4)7-8-20-11-13-5-6-15(18)14(9-13)10-19/h5-6,9,12,20H,7-8,11H2,1-4H3,(H,21,22). The van der Waals surface area contributed by atoms with Crippen LogP contribution in [-0.2, 0) is 11.3 Å². The third-order valence-corrected chi connectivity index (χ3v) is 3.00. The highest BCUT2D eigenvalue weighted by Crippen LogP contribution is 2.09. The van der Waals surface area contributed by atoms with Gasteiger partial charge in [-0.3, -0.25) is 0 Å². The molecule has 1 rings (SSSR count). The molecule has 1 atom stereocenters.